The van der Waals surface area contributed by atoms with Gasteiger partial charge in [-0.25, -0.2) is 4.98 Å². The lowest BCUT2D eigenvalue weighted by Gasteiger charge is -2.25. The number of fused-ring (bicyclic) bond motifs is 1. The molecule has 21 heavy (non-hydrogen) atoms. The molecule has 0 aliphatic rings. The van der Waals surface area contributed by atoms with Crippen LogP contribution >= 0.6 is 11.8 Å². The molecular weight excluding hydrogens is 284 g/mol. The molecule has 110 valence electrons. The van der Waals surface area contributed by atoms with Gasteiger partial charge in [0.1, 0.15) is 11.4 Å². The molecule has 3 aromatic rings. The minimum Gasteiger partial charge on any atom is -0.495 e. The van der Waals surface area contributed by atoms with Crippen molar-refractivity contribution in [3.8, 4) is 5.75 Å². The number of imidazole rings is 1. The largest absolute Gasteiger partial charge is 0.495 e. The van der Waals surface area contributed by atoms with Crippen LogP contribution in [0.2, 0.25) is 0 Å². The van der Waals surface area contributed by atoms with Crippen LogP contribution in [0.25, 0.3) is 5.65 Å². The maximum atomic E-state index is 5.51. The second-order valence-electron chi connectivity index (χ2n) is 5.46. The zero-order valence-electron chi connectivity index (χ0n) is 12.4. The zero-order chi connectivity index (χ0) is 14.9. The molecule has 0 saturated carbocycles. The number of aromatic nitrogens is 4. The van der Waals surface area contributed by atoms with Gasteiger partial charge in [0.25, 0.3) is 0 Å². The Labute approximate surface area is 127 Å². The van der Waals surface area contributed by atoms with Gasteiger partial charge in [-0.05, 0) is 19.9 Å². The molecule has 0 aliphatic carbocycles. The Bertz CT molecular complexity index is 733. The summed E-state index contributed by atoms with van der Waals surface area (Å²) >= 11 is 1.78. The monoisotopic (exact) mass is 302 g/mol. The Kier molecular flexibility index (Phi) is 3.63. The van der Waals surface area contributed by atoms with Crippen LogP contribution in [0, 0.1) is 0 Å². The third-order valence-corrected chi connectivity index (χ3v) is 4.37. The van der Waals surface area contributed by atoms with Gasteiger partial charge in [-0.15, -0.1) is 11.8 Å². The lowest BCUT2D eigenvalue weighted by molar-refractivity contribution is 0.403. The SMILES string of the molecule is COc1cc2nccn2cc1SC(C)(C)Cn1cccn1. The van der Waals surface area contributed by atoms with Crippen molar-refractivity contribution >= 4 is 17.4 Å². The molecule has 0 atom stereocenters. The van der Waals surface area contributed by atoms with Crippen molar-refractivity contribution in [3.63, 3.8) is 0 Å². The third-order valence-electron chi connectivity index (χ3n) is 3.17. The van der Waals surface area contributed by atoms with Crippen molar-refractivity contribution in [3.05, 3.63) is 43.1 Å². The van der Waals surface area contributed by atoms with E-state index in [4.69, 9.17) is 4.74 Å². The van der Waals surface area contributed by atoms with E-state index >= 15 is 0 Å². The molecule has 6 heteroatoms. The minimum atomic E-state index is -0.00639. The van der Waals surface area contributed by atoms with Gasteiger partial charge in [-0.1, -0.05) is 0 Å². The molecule has 3 aromatic heterocycles. The molecule has 5 nitrogen and oxygen atoms in total. The molecule has 0 bridgehead atoms. The van der Waals surface area contributed by atoms with Gasteiger partial charge in [0, 0.05) is 41.8 Å². The highest BCUT2D eigenvalue weighted by molar-refractivity contribution is 8.00. The number of rotatable bonds is 5. The Hall–Kier alpha value is -1.95. The molecular formula is C15H18N4OS. The van der Waals surface area contributed by atoms with E-state index in [-0.39, 0.29) is 4.75 Å². The number of pyridine rings is 1. The van der Waals surface area contributed by atoms with E-state index in [1.807, 2.05) is 33.6 Å². The zero-order valence-corrected chi connectivity index (χ0v) is 13.2. The second kappa shape index (κ2) is 5.44. The molecule has 0 radical (unpaired) electrons. The van der Waals surface area contributed by atoms with E-state index in [0.29, 0.717) is 0 Å². The van der Waals surface area contributed by atoms with Crippen LogP contribution in [0.5, 0.6) is 5.75 Å². The molecule has 3 rings (SSSR count). The fraction of sp³-hybridized carbons (Fsp3) is 0.333. The number of hydrogen-bond donors (Lipinski definition) is 0. The van der Waals surface area contributed by atoms with Crippen LogP contribution in [0.15, 0.2) is 48.0 Å². The van der Waals surface area contributed by atoms with Gasteiger partial charge in [-0.2, -0.15) is 5.10 Å². The summed E-state index contributed by atoms with van der Waals surface area (Å²) in [5, 5.41) is 4.28. The first kappa shape index (κ1) is 14.0. The summed E-state index contributed by atoms with van der Waals surface area (Å²) in [7, 11) is 1.69. The normalized spacial score (nSPS) is 12.0. The Morgan fingerprint density at radius 1 is 1.29 bits per heavy atom. The molecule has 3 heterocycles. The lowest BCUT2D eigenvalue weighted by Crippen LogP contribution is -2.23. The van der Waals surface area contributed by atoms with Crippen molar-refractivity contribution < 1.29 is 4.74 Å². The van der Waals surface area contributed by atoms with Gasteiger partial charge >= 0.3 is 0 Å². The summed E-state index contributed by atoms with van der Waals surface area (Å²) in [6.07, 6.45) is 9.59. The molecule has 0 aliphatic heterocycles. The van der Waals surface area contributed by atoms with Crippen LogP contribution in [-0.2, 0) is 6.54 Å². The average Bonchev–Trinajstić information content (AvgIpc) is 3.07. The van der Waals surface area contributed by atoms with E-state index in [1.165, 1.54) is 0 Å². The summed E-state index contributed by atoms with van der Waals surface area (Å²) in [5.41, 5.74) is 0.890. The van der Waals surface area contributed by atoms with Crippen molar-refractivity contribution in [2.75, 3.05) is 7.11 Å². The number of nitrogens with zero attached hydrogens (tertiary/aromatic N) is 4. The first-order valence-electron chi connectivity index (χ1n) is 6.74. The molecule has 0 amide bonds. The summed E-state index contributed by atoms with van der Waals surface area (Å²) in [5.74, 6) is 0.854. The van der Waals surface area contributed by atoms with Crippen LogP contribution in [0.4, 0.5) is 0 Å². The van der Waals surface area contributed by atoms with Gasteiger partial charge in [0.2, 0.25) is 0 Å². The Morgan fingerprint density at radius 3 is 2.86 bits per heavy atom. The van der Waals surface area contributed by atoms with E-state index in [0.717, 1.165) is 22.8 Å². The topological polar surface area (TPSA) is 44.4 Å². The van der Waals surface area contributed by atoms with Crippen LogP contribution in [0.1, 0.15) is 13.8 Å². The lowest BCUT2D eigenvalue weighted by atomic mass is 10.2. The maximum absolute atomic E-state index is 5.51. The molecule has 0 unspecified atom stereocenters. The molecule has 0 fully saturated rings. The smallest absolute Gasteiger partial charge is 0.140 e. The predicted octanol–water partition coefficient (Wildman–Crippen LogP) is 3.11. The summed E-state index contributed by atoms with van der Waals surface area (Å²) in [6.45, 7) is 5.24. The van der Waals surface area contributed by atoms with E-state index < -0.39 is 0 Å². The fourth-order valence-electron chi connectivity index (χ4n) is 2.27. The number of methoxy groups -OCH3 is 1. The number of thioether (sulfide) groups is 1. The van der Waals surface area contributed by atoms with E-state index in [1.54, 1.807) is 31.3 Å². The fourth-order valence-corrected chi connectivity index (χ4v) is 3.48. The van der Waals surface area contributed by atoms with E-state index in [9.17, 15) is 0 Å². The average molecular weight is 302 g/mol. The number of ether oxygens (including phenoxy) is 1. The van der Waals surface area contributed by atoms with Crippen molar-refractivity contribution in [2.24, 2.45) is 0 Å². The predicted molar refractivity (Wildman–Crippen MR) is 83.9 cm³/mol. The number of hydrogen-bond acceptors (Lipinski definition) is 4. The Balaban J connectivity index is 1.88. The highest BCUT2D eigenvalue weighted by atomic mass is 32.2. The molecule has 0 saturated heterocycles. The van der Waals surface area contributed by atoms with Crippen LogP contribution < -0.4 is 4.74 Å². The minimum absolute atomic E-state index is 0.00639. The maximum Gasteiger partial charge on any atom is 0.140 e. The van der Waals surface area contributed by atoms with Crippen molar-refractivity contribution in [2.45, 2.75) is 30.0 Å². The summed E-state index contributed by atoms with van der Waals surface area (Å²) < 4.78 is 9.46. The van der Waals surface area contributed by atoms with Crippen LogP contribution in [0.3, 0.4) is 0 Å². The Morgan fingerprint density at radius 2 is 2.14 bits per heavy atom. The summed E-state index contributed by atoms with van der Waals surface area (Å²) in [6, 6.07) is 3.91. The highest BCUT2D eigenvalue weighted by Crippen LogP contribution is 2.39. The first-order valence-corrected chi connectivity index (χ1v) is 7.56. The van der Waals surface area contributed by atoms with E-state index in [2.05, 4.69) is 30.1 Å². The third kappa shape index (κ3) is 3.05. The van der Waals surface area contributed by atoms with Crippen LogP contribution in [-0.4, -0.2) is 31.0 Å². The quantitative estimate of drug-likeness (QED) is 0.679. The standard InChI is InChI=1S/C15H18N4OS/c1-15(2,11-19-7-4-5-17-19)21-13-10-18-8-6-16-14(18)9-12(13)20-3/h4-10H,11H2,1-3H3. The second-order valence-corrected chi connectivity index (χ2v) is 7.21. The van der Waals surface area contributed by atoms with Gasteiger partial charge < -0.3 is 9.14 Å². The van der Waals surface area contributed by atoms with Gasteiger partial charge in [0.05, 0.1) is 18.6 Å². The van der Waals surface area contributed by atoms with Crippen molar-refractivity contribution in [1.29, 1.82) is 0 Å². The first-order chi connectivity index (χ1) is 10.1. The van der Waals surface area contributed by atoms with Gasteiger partial charge in [-0.3, -0.25) is 4.68 Å². The van der Waals surface area contributed by atoms with Crippen molar-refractivity contribution in [1.82, 2.24) is 19.2 Å². The molecule has 0 aromatic carbocycles. The van der Waals surface area contributed by atoms with Gasteiger partial charge in [0.15, 0.2) is 0 Å². The molecule has 0 N–H and O–H groups in total. The molecule has 0 spiro atoms. The summed E-state index contributed by atoms with van der Waals surface area (Å²) in [4.78, 5) is 5.38. The highest BCUT2D eigenvalue weighted by Gasteiger charge is 2.23.